The third-order valence-electron chi connectivity index (χ3n) is 7.78. The first kappa shape index (κ1) is 33.5. The number of ether oxygens (including phenoxy) is 1. The Morgan fingerprint density at radius 2 is 1.70 bits per heavy atom. The van der Waals surface area contributed by atoms with Gasteiger partial charge in [0, 0.05) is 31.9 Å². The van der Waals surface area contributed by atoms with E-state index in [2.05, 4.69) is 15.4 Å². The molecule has 2 aliphatic heterocycles. The van der Waals surface area contributed by atoms with Gasteiger partial charge < -0.3 is 30.5 Å². The van der Waals surface area contributed by atoms with Crippen molar-refractivity contribution in [2.24, 2.45) is 5.92 Å². The highest BCUT2D eigenvalue weighted by atomic mass is 32.2. The monoisotopic (exact) mass is 653 g/mol. The van der Waals surface area contributed by atoms with Gasteiger partial charge in [0.25, 0.3) is 0 Å². The molecule has 2 aromatic rings. The first-order chi connectivity index (χ1) is 20.8. The molecule has 16 heteroatoms. The van der Waals surface area contributed by atoms with Crippen LogP contribution in [0.2, 0.25) is 0 Å². The van der Waals surface area contributed by atoms with Crippen molar-refractivity contribution in [3.63, 3.8) is 0 Å². The lowest BCUT2D eigenvalue weighted by Crippen LogP contribution is -2.43. The van der Waals surface area contributed by atoms with E-state index in [9.17, 15) is 36.6 Å². The third-order valence-corrected chi connectivity index (χ3v) is 10.3. The van der Waals surface area contributed by atoms with Gasteiger partial charge in [-0.05, 0) is 80.1 Å². The standard InChI is InChI=1S/C28H39N5O9S2/c1-42-27(36)24-4-3-13-33(24)28(37)30-21-6-8-22(9-7-21)44(40,41)32-14-11-19(12-15-32)17-29-18-26(35)20-5-10-25(34)23(16-20)31-43(2,38)39/h5-10,16,19,24,26,29,31,34-35H,3-4,11-15,17-18H2,1-2H3,(H,30,37)/t24?,26-/m0/s1. The van der Waals surface area contributed by atoms with E-state index in [4.69, 9.17) is 4.74 Å². The lowest BCUT2D eigenvalue weighted by molar-refractivity contribution is -0.144. The Bertz CT molecular complexity index is 1540. The summed E-state index contributed by atoms with van der Waals surface area (Å²) >= 11 is 0. The van der Waals surface area contributed by atoms with Crippen molar-refractivity contribution in [2.75, 3.05) is 56.1 Å². The topological polar surface area (TPSA) is 195 Å². The van der Waals surface area contributed by atoms with E-state index in [1.54, 1.807) is 0 Å². The largest absolute Gasteiger partial charge is 0.506 e. The van der Waals surface area contributed by atoms with Crippen LogP contribution in [0.4, 0.5) is 16.2 Å². The highest BCUT2D eigenvalue weighted by molar-refractivity contribution is 7.92. The number of carbonyl (C=O) groups excluding carboxylic acids is 2. The average molecular weight is 654 g/mol. The summed E-state index contributed by atoms with van der Waals surface area (Å²) in [7, 11) is -6.07. The molecule has 44 heavy (non-hydrogen) atoms. The number of likely N-dealkylation sites (tertiary alicyclic amines) is 1. The van der Waals surface area contributed by atoms with Crippen LogP contribution in [-0.4, -0.2) is 100 Å². The van der Waals surface area contributed by atoms with E-state index in [0.717, 1.165) is 6.26 Å². The lowest BCUT2D eigenvalue weighted by Gasteiger charge is -2.31. The van der Waals surface area contributed by atoms with Gasteiger partial charge >= 0.3 is 12.0 Å². The number of esters is 1. The number of piperidine rings is 1. The van der Waals surface area contributed by atoms with Gasteiger partial charge in [0.05, 0.1) is 30.1 Å². The predicted octanol–water partition coefficient (Wildman–Crippen LogP) is 1.66. The molecule has 2 saturated heterocycles. The molecule has 1 unspecified atom stereocenters. The zero-order valence-corrected chi connectivity index (χ0v) is 26.2. The van der Waals surface area contributed by atoms with Crippen LogP contribution in [0.1, 0.15) is 37.4 Å². The van der Waals surface area contributed by atoms with Crippen molar-refractivity contribution in [2.45, 2.75) is 42.7 Å². The molecule has 2 aromatic carbocycles. The Kier molecular flexibility index (Phi) is 10.7. The highest BCUT2D eigenvalue weighted by Gasteiger charge is 2.35. The molecule has 2 atom stereocenters. The number of phenols is 1. The molecule has 5 N–H and O–H groups in total. The average Bonchev–Trinajstić information content (AvgIpc) is 3.48. The number of benzene rings is 2. The Hall–Kier alpha value is -3.44. The molecule has 0 bridgehead atoms. The van der Waals surface area contributed by atoms with Gasteiger partial charge in [-0.2, -0.15) is 4.31 Å². The molecule has 2 amide bonds. The van der Waals surface area contributed by atoms with Crippen LogP contribution in [0.15, 0.2) is 47.4 Å². The molecule has 2 fully saturated rings. The number of phenolic OH excluding ortho intramolecular Hbond substituents is 1. The van der Waals surface area contributed by atoms with Gasteiger partial charge in [-0.15, -0.1) is 0 Å². The first-order valence-corrected chi connectivity index (χ1v) is 17.6. The molecule has 2 aliphatic rings. The summed E-state index contributed by atoms with van der Waals surface area (Å²) in [6, 6.07) is 9.03. The number of rotatable bonds is 11. The maximum atomic E-state index is 13.3. The van der Waals surface area contributed by atoms with Crippen LogP contribution >= 0.6 is 0 Å². The number of amides is 2. The Morgan fingerprint density at radius 1 is 1.02 bits per heavy atom. The van der Waals surface area contributed by atoms with E-state index in [1.165, 1.54) is 58.8 Å². The van der Waals surface area contributed by atoms with Gasteiger partial charge in [0.1, 0.15) is 11.8 Å². The molecule has 0 radical (unpaired) electrons. The maximum absolute atomic E-state index is 13.3. The summed E-state index contributed by atoms with van der Waals surface area (Å²) in [5.74, 6) is -0.533. The minimum absolute atomic E-state index is 0.0205. The second-order valence-corrected chi connectivity index (χ2v) is 14.7. The first-order valence-electron chi connectivity index (χ1n) is 14.2. The number of methoxy groups -OCH3 is 1. The molecule has 0 aliphatic carbocycles. The van der Waals surface area contributed by atoms with Crippen molar-refractivity contribution in [1.82, 2.24) is 14.5 Å². The summed E-state index contributed by atoms with van der Waals surface area (Å²) in [5, 5.41) is 26.3. The normalized spacial score (nSPS) is 19.0. The van der Waals surface area contributed by atoms with Crippen molar-refractivity contribution in [3.05, 3.63) is 48.0 Å². The highest BCUT2D eigenvalue weighted by Crippen LogP contribution is 2.28. The summed E-state index contributed by atoms with van der Waals surface area (Å²) in [5.41, 5.74) is 0.814. The zero-order chi connectivity index (χ0) is 32.1. The van der Waals surface area contributed by atoms with Gasteiger partial charge in [-0.1, -0.05) is 6.07 Å². The van der Waals surface area contributed by atoms with Crippen molar-refractivity contribution in [3.8, 4) is 5.75 Å². The molecule has 4 rings (SSSR count). The van der Waals surface area contributed by atoms with Crippen molar-refractivity contribution in [1.29, 1.82) is 0 Å². The number of anilines is 2. The summed E-state index contributed by atoms with van der Waals surface area (Å²) < 4.78 is 57.9. The van der Waals surface area contributed by atoms with Gasteiger partial charge in [0.15, 0.2) is 0 Å². The number of hydrogen-bond donors (Lipinski definition) is 5. The van der Waals surface area contributed by atoms with E-state index >= 15 is 0 Å². The number of sulfonamides is 2. The van der Waals surface area contributed by atoms with Crippen LogP contribution in [-0.2, 0) is 29.6 Å². The number of carbonyl (C=O) groups is 2. The van der Waals surface area contributed by atoms with E-state index in [0.29, 0.717) is 63.1 Å². The Balaban J connectivity index is 1.24. The number of aliphatic hydroxyl groups is 1. The number of nitrogens with zero attached hydrogens (tertiary/aromatic N) is 2. The smallest absolute Gasteiger partial charge is 0.328 e. The number of hydrogen-bond acceptors (Lipinski definition) is 10. The van der Waals surface area contributed by atoms with Crippen molar-refractivity contribution >= 4 is 43.4 Å². The Morgan fingerprint density at radius 3 is 2.34 bits per heavy atom. The Labute approximate surface area is 257 Å². The third kappa shape index (κ3) is 8.38. The summed E-state index contributed by atoms with van der Waals surface area (Å²) in [6.45, 7) is 1.83. The minimum Gasteiger partial charge on any atom is -0.506 e. The molecule has 2 heterocycles. The molecule has 0 spiro atoms. The molecule has 242 valence electrons. The number of urea groups is 1. The van der Waals surface area contributed by atoms with Crippen LogP contribution in [0, 0.1) is 5.92 Å². The fourth-order valence-corrected chi connectivity index (χ4v) is 7.42. The van der Waals surface area contributed by atoms with Crippen molar-refractivity contribution < 1.29 is 41.4 Å². The van der Waals surface area contributed by atoms with Gasteiger partial charge in [-0.3, -0.25) is 4.72 Å². The minimum atomic E-state index is -3.74. The molecule has 14 nitrogen and oxygen atoms in total. The van der Waals surface area contributed by atoms with Gasteiger partial charge in [0.2, 0.25) is 20.0 Å². The van der Waals surface area contributed by atoms with Crippen LogP contribution in [0.25, 0.3) is 0 Å². The molecule has 0 saturated carbocycles. The van der Waals surface area contributed by atoms with E-state index < -0.39 is 44.2 Å². The maximum Gasteiger partial charge on any atom is 0.328 e. The molecular formula is C28H39N5O9S2. The number of aromatic hydroxyl groups is 1. The number of aliphatic hydroxyl groups excluding tert-OH is 1. The number of nitrogens with one attached hydrogen (secondary N) is 3. The van der Waals surface area contributed by atoms with E-state index in [1.807, 2.05) is 0 Å². The molecular weight excluding hydrogens is 614 g/mol. The fourth-order valence-electron chi connectivity index (χ4n) is 5.38. The van der Waals surface area contributed by atoms with Crippen LogP contribution in [0.5, 0.6) is 5.75 Å². The second-order valence-electron chi connectivity index (χ2n) is 11.0. The van der Waals surface area contributed by atoms with Crippen LogP contribution < -0.4 is 15.4 Å². The van der Waals surface area contributed by atoms with Gasteiger partial charge in [-0.25, -0.2) is 26.4 Å². The molecule has 0 aromatic heterocycles. The zero-order valence-electron chi connectivity index (χ0n) is 24.6. The van der Waals surface area contributed by atoms with E-state index in [-0.39, 0.29) is 28.8 Å². The predicted molar refractivity (Wildman–Crippen MR) is 163 cm³/mol. The van der Waals surface area contributed by atoms with Crippen LogP contribution in [0.3, 0.4) is 0 Å². The second kappa shape index (κ2) is 14.1. The lowest BCUT2D eigenvalue weighted by atomic mass is 9.98. The quantitative estimate of drug-likeness (QED) is 0.176. The fraction of sp³-hybridized carbons (Fsp3) is 0.500. The SMILES string of the molecule is COC(=O)C1CCCN1C(=O)Nc1ccc(S(=O)(=O)N2CCC(CNC[C@H](O)c3ccc(O)c(NS(C)(=O)=O)c3)CC2)cc1. The summed E-state index contributed by atoms with van der Waals surface area (Å²) in [4.78, 5) is 26.2. The summed E-state index contributed by atoms with van der Waals surface area (Å²) in [6.07, 6.45) is 2.47.